The van der Waals surface area contributed by atoms with Gasteiger partial charge < -0.3 is 28.4 Å². The Bertz CT molecular complexity index is 1140. The Balaban J connectivity index is 1.65. The second-order valence-corrected chi connectivity index (χ2v) is 10.1. The summed E-state index contributed by atoms with van der Waals surface area (Å²) in [4.78, 5) is 51.2. The molecule has 11 nitrogen and oxygen atoms in total. The second-order valence-electron chi connectivity index (χ2n) is 10.1. The normalized spacial score (nSPS) is 15.2. The number of carbonyl (C=O) groups is 4. The van der Waals surface area contributed by atoms with Gasteiger partial charge in [-0.3, -0.25) is 19.3 Å². The van der Waals surface area contributed by atoms with Crippen molar-refractivity contribution in [3.8, 4) is 11.5 Å². The molecule has 0 spiro atoms. The molecule has 1 aromatic rings. The lowest BCUT2D eigenvalue weighted by atomic mass is 9.94. The van der Waals surface area contributed by atoms with E-state index in [1.165, 1.54) is 14.2 Å². The van der Waals surface area contributed by atoms with E-state index in [9.17, 15) is 19.2 Å². The molecule has 0 aromatic heterocycles. The first kappa shape index (κ1) is 32.1. The summed E-state index contributed by atoms with van der Waals surface area (Å²) in [6.07, 6.45) is 4.17. The molecule has 1 aromatic carbocycles. The van der Waals surface area contributed by atoms with Crippen molar-refractivity contribution in [2.45, 2.75) is 65.4 Å². The Morgan fingerprint density at radius 2 is 1.66 bits per heavy atom. The van der Waals surface area contributed by atoms with Gasteiger partial charge in [0.2, 0.25) is 0 Å². The van der Waals surface area contributed by atoms with Gasteiger partial charge in [-0.1, -0.05) is 11.6 Å². The maximum atomic E-state index is 12.8. The number of hydrogen-bond acceptors (Lipinski definition) is 11. The molecule has 41 heavy (non-hydrogen) atoms. The maximum Gasteiger partial charge on any atom is 0.342 e. The van der Waals surface area contributed by atoms with Crippen molar-refractivity contribution in [3.05, 3.63) is 33.9 Å². The summed E-state index contributed by atoms with van der Waals surface area (Å²) in [5, 5.41) is 0. The summed E-state index contributed by atoms with van der Waals surface area (Å²) in [5.74, 6) is -1.03. The van der Waals surface area contributed by atoms with Crippen molar-refractivity contribution in [1.82, 2.24) is 4.90 Å². The molecule has 0 bridgehead atoms. The first-order valence-electron chi connectivity index (χ1n) is 14.0. The predicted octanol–water partition coefficient (Wildman–Crippen LogP) is 3.46. The predicted molar refractivity (Wildman–Crippen MR) is 148 cm³/mol. The van der Waals surface area contributed by atoms with Gasteiger partial charge in [0, 0.05) is 50.0 Å². The van der Waals surface area contributed by atoms with E-state index in [4.69, 9.17) is 23.7 Å². The lowest BCUT2D eigenvalue weighted by Crippen LogP contribution is -2.38. The third kappa shape index (κ3) is 9.29. The minimum atomic E-state index is -0.555. The molecule has 1 saturated heterocycles. The van der Waals surface area contributed by atoms with Gasteiger partial charge in [-0.15, -0.1) is 0 Å². The fraction of sp³-hybridized carbons (Fsp3) is 0.600. The van der Waals surface area contributed by atoms with Gasteiger partial charge in [-0.2, -0.15) is 0 Å². The van der Waals surface area contributed by atoms with Gasteiger partial charge in [0.1, 0.15) is 24.5 Å². The molecule has 2 aliphatic rings. The number of allylic oxidation sites excluding steroid dienone is 2. The zero-order valence-corrected chi connectivity index (χ0v) is 24.5. The van der Waals surface area contributed by atoms with Crippen molar-refractivity contribution in [1.29, 1.82) is 0 Å². The van der Waals surface area contributed by atoms with E-state index >= 15 is 0 Å². The van der Waals surface area contributed by atoms with Crippen LogP contribution in [0.3, 0.4) is 0 Å². The third-order valence-corrected chi connectivity index (χ3v) is 7.23. The van der Waals surface area contributed by atoms with E-state index < -0.39 is 11.9 Å². The Kier molecular flexibility index (Phi) is 12.6. The minimum absolute atomic E-state index is 0.0684. The lowest BCUT2D eigenvalue weighted by molar-refractivity contribution is -0.144. The number of cyclic esters (lactones) is 1. The van der Waals surface area contributed by atoms with Gasteiger partial charge in [0.05, 0.1) is 27.4 Å². The Morgan fingerprint density at radius 3 is 2.34 bits per heavy atom. The van der Waals surface area contributed by atoms with E-state index in [2.05, 4.69) is 9.64 Å². The quantitative estimate of drug-likeness (QED) is 0.100. The van der Waals surface area contributed by atoms with Crippen molar-refractivity contribution >= 4 is 23.9 Å². The van der Waals surface area contributed by atoms with Crippen LogP contribution in [0.1, 0.15) is 72.5 Å². The molecule has 0 unspecified atom stereocenters. The van der Waals surface area contributed by atoms with E-state index in [0.717, 1.165) is 24.2 Å². The van der Waals surface area contributed by atoms with Crippen LogP contribution >= 0.6 is 0 Å². The molecule has 3 rings (SSSR count). The van der Waals surface area contributed by atoms with Crippen LogP contribution in [0.5, 0.6) is 11.5 Å². The van der Waals surface area contributed by atoms with E-state index in [1.807, 2.05) is 19.9 Å². The number of esters is 4. The second kappa shape index (κ2) is 16.1. The van der Waals surface area contributed by atoms with E-state index in [0.29, 0.717) is 68.9 Å². The third-order valence-electron chi connectivity index (χ3n) is 7.23. The highest BCUT2D eigenvalue weighted by atomic mass is 16.6. The molecule has 0 aliphatic carbocycles. The largest absolute Gasteiger partial charge is 0.496 e. The monoisotopic (exact) mass is 575 g/mol. The molecular formula is C30H41NO10. The molecule has 0 atom stereocenters. The smallest absolute Gasteiger partial charge is 0.342 e. The molecule has 2 heterocycles. The van der Waals surface area contributed by atoms with Crippen LogP contribution in [-0.4, -0.2) is 82.5 Å². The van der Waals surface area contributed by atoms with Crippen LogP contribution in [-0.2, 0) is 46.4 Å². The summed E-state index contributed by atoms with van der Waals surface area (Å²) in [6, 6.07) is 0. The number of morpholine rings is 1. The molecule has 0 saturated carbocycles. The molecule has 0 radical (unpaired) electrons. The van der Waals surface area contributed by atoms with Crippen LogP contribution in [0, 0.1) is 6.92 Å². The number of benzene rings is 1. The van der Waals surface area contributed by atoms with Crippen molar-refractivity contribution in [3.63, 3.8) is 0 Å². The summed E-state index contributed by atoms with van der Waals surface area (Å²) < 4.78 is 32.1. The summed E-state index contributed by atoms with van der Waals surface area (Å²) in [7, 11) is 2.84. The Morgan fingerprint density at radius 1 is 0.951 bits per heavy atom. The highest BCUT2D eigenvalue weighted by molar-refractivity contribution is 5.99. The van der Waals surface area contributed by atoms with Crippen LogP contribution in [0.2, 0.25) is 0 Å². The topological polar surface area (TPSA) is 127 Å². The zero-order valence-electron chi connectivity index (χ0n) is 24.5. The maximum absolute atomic E-state index is 12.8. The van der Waals surface area contributed by atoms with Gasteiger partial charge in [0.25, 0.3) is 0 Å². The van der Waals surface area contributed by atoms with Crippen LogP contribution < -0.4 is 9.47 Å². The number of unbranched alkanes of at least 4 members (excludes halogenated alkanes) is 1. The first-order valence-corrected chi connectivity index (χ1v) is 14.0. The first-order chi connectivity index (χ1) is 19.7. The molecule has 2 aliphatic heterocycles. The molecular weight excluding hydrogens is 534 g/mol. The SMILES string of the molecule is COC(=O)CCCCC(=O)Oc1c(CC=C(C)CCC(=O)OCCN2CCOCC2)c(OC)c(C)c2c1C(=O)OC2. The van der Waals surface area contributed by atoms with Crippen molar-refractivity contribution in [2.75, 3.05) is 53.7 Å². The van der Waals surface area contributed by atoms with Gasteiger partial charge in [-0.05, 0) is 45.1 Å². The van der Waals surface area contributed by atoms with Crippen LogP contribution in [0.15, 0.2) is 11.6 Å². The highest BCUT2D eigenvalue weighted by Gasteiger charge is 2.34. The number of methoxy groups -OCH3 is 2. The van der Waals surface area contributed by atoms with Crippen LogP contribution in [0.4, 0.5) is 0 Å². The fourth-order valence-corrected chi connectivity index (χ4v) is 4.79. The summed E-state index contributed by atoms with van der Waals surface area (Å²) in [5.41, 5.74) is 3.10. The molecule has 0 N–H and O–H groups in total. The number of fused-ring (bicyclic) bond motifs is 1. The average molecular weight is 576 g/mol. The van der Waals surface area contributed by atoms with Gasteiger partial charge in [-0.25, -0.2) is 4.79 Å². The average Bonchev–Trinajstić information content (AvgIpc) is 3.36. The molecule has 1 fully saturated rings. The summed E-state index contributed by atoms with van der Waals surface area (Å²) in [6.45, 7) is 7.95. The van der Waals surface area contributed by atoms with Crippen LogP contribution in [0.25, 0.3) is 0 Å². The zero-order chi connectivity index (χ0) is 29.8. The van der Waals surface area contributed by atoms with Gasteiger partial charge in [0.15, 0.2) is 5.75 Å². The van der Waals surface area contributed by atoms with E-state index in [1.54, 1.807) is 0 Å². The standard InChI is InChI=1S/C30H41NO10/c1-20(10-12-25(33)39-18-15-31-13-16-38-17-14-31)9-11-22-28(37-4)21(2)23-19-40-30(35)27(23)29(22)41-26(34)8-6-5-7-24(32)36-3/h9H,5-8,10-19H2,1-4H3. The van der Waals surface area contributed by atoms with Gasteiger partial charge >= 0.3 is 23.9 Å². The number of carbonyl (C=O) groups excluding carboxylic acids is 4. The number of nitrogens with zero attached hydrogens (tertiary/aromatic N) is 1. The Labute approximate surface area is 241 Å². The molecule has 226 valence electrons. The molecule has 0 amide bonds. The van der Waals surface area contributed by atoms with Crippen molar-refractivity contribution in [2.24, 2.45) is 0 Å². The Hall–Kier alpha value is -3.44. The van der Waals surface area contributed by atoms with Crippen molar-refractivity contribution < 1.29 is 47.6 Å². The number of hydrogen-bond donors (Lipinski definition) is 0. The van der Waals surface area contributed by atoms with E-state index in [-0.39, 0.29) is 49.1 Å². The lowest BCUT2D eigenvalue weighted by Gasteiger charge is -2.26. The molecule has 11 heteroatoms. The summed E-state index contributed by atoms with van der Waals surface area (Å²) >= 11 is 0. The fourth-order valence-electron chi connectivity index (χ4n) is 4.79. The minimum Gasteiger partial charge on any atom is -0.496 e. The number of ether oxygens (including phenoxy) is 6. The highest BCUT2D eigenvalue weighted by Crippen LogP contribution is 2.43. The number of rotatable bonds is 15.